The monoisotopic (exact) mass is 216 g/mol. The van der Waals surface area contributed by atoms with Crippen molar-refractivity contribution in [3.63, 3.8) is 0 Å². The third kappa shape index (κ3) is 1.33. The summed E-state index contributed by atoms with van der Waals surface area (Å²) in [6.07, 6.45) is 1.08. The van der Waals surface area contributed by atoms with E-state index in [1.165, 1.54) is 11.3 Å². The van der Waals surface area contributed by atoms with Gasteiger partial charge in [0.2, 0.25) is 0 Å². The second kappa shape index (κ2) is 3.40. The van der Waals surface area contributed by atoms with Gasteiger partial charge in [-0.1, -0.05) is 18.2 Å². The molecule has 0 spiro atoms. The molecule has 0 amide bonds. The SMILES string of the molecule is N=C(N)N1CCN2c3ccccc3CC2C1. The van der Waals surface area contributed by atoms with Crippen LogP contribution in [0.15, 0.2) is 24.3 Å². The molecule has 0 aromatic heterocycles. The van der Waals surface area contributed by atoms with Crippen molar-refractivity contribution in [3.05, 3.63) is 29.8 Å². The molecule has 4 heteroatoms. The number of nitrogens with one attached hydrogen (secondary N) is 1. The summed E-state index contributed by atoms with van der Waals surface area (Å²) in [6, 6.07) is 9.08. The number of rotatable bonds is 0. The number of guanidine groups is 1. The number of benzene rings is 1. The number of hydrogen-bond donors (Lipinski definition) is 2. The first kappa shape index (κ1) is 9.51. The van der Waals surface area contributed by atoms with Crippen molar-refractivity contribution in [3.8, 4) is 0 Å². The largest absolute Gasteiger partial charge is 0.370 e. The maximum atomic E-state index is 7.49. The standard InChI is InChI=1S/C12H16N4/c13-12(14)15-5-6-16-10(8-15)7-9-3-1-2-4-11(9)16/h1-4,10H,5-8H2,(H3,13,14). The Hall–Kier alpha value is -1.71. The third-order valence-electron chi connectivity index (χ3n) is 3.58. The smallest absolute Gasteiger partial charge is 0.188 e. The predicted octanol–water partition coefficient (Wildman–Crippen LogP) is 0.627. The van der Waals surface area contributed by atoms with Crippen LogP contribution in [-0.4, -0.2) is 36.5 Å². The zero-order chi connectivity index (χ0) is 11.1. The number of piperazine rings is 1. The molecule has 0 bridgehead atoms. The van der Waals surface area contributed by atoms with Crippen molar-refractivity contribution in [1.29, 1.82) is 5.41 Å². The van der Waals surface area contributed by atoms with Crippen LogP contribution in [-0.2, 0) is 6.42 Å². The van der Waals surface area contributed by atoms with Crippen LogP contribution in [0.4, 0.5) is 5.69 Å². The number of para-hydroxylation sites is 1. The number of fused-ring (bicyclic) bond motifs is 3. The van der Waals surface area contributed by atoms with Crippen molar-refractivity contribution < 1.29 is 0 Å². The van der Waals surface area contributed by atoms with Gasteiger partial charge >= 0.3 is 0 Å². The van der Waals surface area contributed by atoms with Crippen LogP contribution in [0.2, 0.25) is 0 Å². The molecule has 3 N–H and O–H groups in total. The minimum absolute atomic E-state index is 0.204. The Morgan fingerprint density at radius 1 is 1.31 bits per heavy atom. The van der Waals surface area contributed by atoms with Crippen LogP contribution >= 0.6 is 0 Å². The van der Waals surface area contributed by atoms with Gasteiger partial charge in [0.1, 0.15) is 0 Å². The van der Waals surface area contributed by atoms with Gasteiger partial charge < -0.3 is 15.5 Å². The summed E-state index contributed by atoms with van der Waals surface area (Å²) in [5, 5.41) is 7.49. The molecular weight excluding hydrogens is 200 g/mol. The van der Waals surface area contributed by atoms with E-state index < -0.39 is 0 Å². The molecule has 0 saturated carbocycles. The summed E-state index contributed by atoms with van der Waals surface area (Å²) in [7, 11) is 0. The quantitative estimate of drug-likeness (QED) is 0.494. The van der Waals surface area contributed by atoms with Crippen LogP contribution in [0.25, 0.3) is 0 Å². The van der Waals surface area contributed by atoms with E-state index in [2.05, 4.69) is 29.2 Å². The maximum absolute atomic E-state index is 7.49. The van der Waals surface area contributed by atoms with E-state index in [1.54, 1.807) is 0 Å². The van der Waals surface area contributed by atoms with Gasteiger partial charge in [-0.25, -0.2) is 0 Å². The highest BCUT2D eigenvalue weighted by molar-refractivity contribution is 5.75. The van der Waals surface area contributed by atoms with Gasteiger partial charge in [-0.2, -0.15) is 0 Å². The Morgan fingerprint density at radius 3 is 2.94 bits per heavy atom. The highest BCUT2D eigenvalue weighted by atomic mass is 15.3. The molecule has 3 rings (SSSR count). The van der Waals surface area contributed by atoms with E-state index in [9.17, 15) is 0 Å². The van der Waals surface area contributed by atoms with Crippen molar-refractivity contribution in [2.75, 3.05) is 24.5 Å². The average molecular weight is 216 g/mol. The van der Waals surface area contributed by atoms with Crippen LogP contribution in [0.5, 0.6) is 0 Å². The second-order valence-electron chi connectivity index (χ2n) is 4.51. The van der Waals surface area contributed by atoms with Gasteiger partial charge in [0.25, 0.3) is 0 Å². The topological polar surface area (TPSA) is 56.4 Å². The Bertz CT molecular complexity index is 429. The summed E-state index contributed by atoms with van der Waals surface area (Å²) < 4.78 is 0. The first-order valence-electron chi connectivity index (χ1n) is 5.69. The summed E-state index contributed by atoms with van der Waals surface area (Å²) in [4.78, 5) is 4.42. The van der Waals surface area contributed by atoms with Crippen LogP contribution < -0.4 is 10.6 Å². The summed E-state index contributed by atoms with van der Waals surface area (Å²) in [5.74, 6) is 0.204. The van der Waals surface area contributed by atoms with Crippen molar-refractivity contribution in [2.45, 2.75) is 12.5 Å². The van der Waals surface area contributed by atoms with Gasteiger partial charge in [-0.15, -0.1) is 0 Å². The molecule has 1 aromatic carbocycles. The Balaban J connectivity index is 1.85. The first-order chi connectivity index (χ1) is 7.75. The minimum atomic E-state index is 0.204. The van der Waals surface area contributed by atoms with Crippen LogP contribution in [0, 0.1) is 5.41 Å². The molecule has 0 radical (unpaired) electrons. The van der Waals surface area contributed by atoms with Crippen molar-refractivity contribution in [2.24, 2.45) is 5.73 Å². The molecule has 16 heavy (non-hydrogen) atoms. The summed E-state index contributed by atoms with van der Waals surface area (Å²) in [6.45, 7) is 2.71. The fourth-order valence-electron chi connectivity index (χ4n) is 2.78. The number of nitrogens with zero attached hydrogens (tertiary/aromatic N) is 2. The van der Waals surface area contributed by atoms with E-state index in [0.717, 1.165) is 26.1 Å². The Labute approximate surface area is 95.2 Å². The lowest BCUT2D eigenvalue weighted by atomic mass is 10.1. The summed E-state index contributed by atoms with van der Waals surface area (Å²) in [5.41, 5.74) is 8.35. The van der Waals surface area contributed by atoms with E-state index >= 15 is 0 Å². The lowest BCUT2D eigenvalue weighted by Gasteiger charge is -2.39. The maximum Gasteiger partial charge on any atom is 0.188 e. The van der Waals surface area contributed by atoms with Crippen molar-refractivity contribution in [1.82, 2.24) is 4.90 Å². The van der Waals surface area contributed by atoms with E-state index in [-0.39, 0.29) is 5.96 Å². The molecule has 84 valence electrons. The predicted molar refractivity (Wildman–Crippen MR) is 64.8 cm³/mol. The molecule has 0 aliphatic carbocycles. The van der Waals surface area contributed by atoms with E-state index in [0.29, 0.717) is 6.04 Å². The van der Waals surface area contributed by atoms with Gasteiger partial charge in [0.15, 0.2) is 5.96 Å². The van der Waals surface area contributed by atoms with Gasteiger partial charge in [-0.3, -0.25) is 5.41 Å². The van der Waals surface area contributed by atoms with Crippen molar-refractivity contribution >= 4 is 11.6 Å². The Kier molecular flexibility index (Phi) is 2.02. The first-order valence-corrected chi connectivity index (χ1v) is 5.69. The zero-order valence-corrected chi connectivity index (χ0v) is 9.19. The molecule has 2 aliphatic rings. The normalized spacial score (nSPS) is 22.9. The highest BCUT2D eigenvalue weighted by Gasteiger charge is 2.33. The molecule has 4 nitrogen and oxygen atoms in total. The zero-order valence-electron chi connectivity index (χ0n) is 9.19. The lowest BCUT2D eigenvalue weighted by Crippen LogP contribution is -2.55. The Morgan fingerprint density at radius 2 is 2.12 bits per heavy atom. The van der Waals surface area contributed by atoms with Gasteiger partial charge in [-0.05, 0) is 18.1 Å². The molecule has 1 saturated heterocycles. The number of anilines is 1. The molecule has 1 fully saturated rings. The van der Waals surface area contributed by atoms with Gasteiger partial charge in [0, 0.05) is 25.3 Å². The van der Waals surface area contributed by atoms with Crippen LogP contribution in [0.1, 0.15) is 5.56 Å². The lowest BCUT2D eigenvalue weighted by molar-refractivity contribution is 0.330. The number of hydrogen-bond acceptors (Lipinski definition) is 2. The fraction of sp³-hybridized carbons (Fsp3) is 0.417. The summed E-state index contributed by atoms with van der Waals surface area (Å²) >= 11 is 0. The molecule has 2 aliphatic heterocycles. The second-order valence-corrected chi connectivity index (χ2v) is 4.51. The van der Waals surface area contributed by atoms with Crippen LogP contribution in [0.3, 0.4) is 0 Å². The molecule has 1 unspecified atom stereocenters. The van der Waals surface area contributed by atoms with E-state index in [1.807, 2.05) is 4.90 Å². The molecule has 1 atom stereocenters. The average Bonchev–Trinajstić information content (AvgIpc) is 2.66. The molecule has 1 aromatic rings. The number of nitrogens with two attached hydrogens (primary N) is 1. The highest BCUT2D eigenvalue weighted by Crippen LogP contribution is 2.33. The minimum Gasteiger partial charge on any atom is -0.370 e. The molecular formula is C12H16N4. The van der Waals surface area contributed by atoms with E-state index in [4.69, 9.17) is 11.1 Å². The fourth-order valence-corrected chi connectivity index (χ4v) is 2.78. The third-order valence-corrected chi connectivity index (χ3v) is 3.58. The molecule has 2 heterocycles. The van der Waals surface area contributed by atoms with Gasteiger partial charge in [0.05, 0.1) is 6.04 Å².